The van der Waals surface area contributed by atoms with E-state index in [2.05, 4.69) is 0 Å². The molecule has 0 fully saturated rings. The summed E-state index contributed by atoms with van der Waals surface area (Å²) in [5.41, 5.74) is 2.23. The lowest BCUT2D eigenvalue weighted by atomic mass is 9.89. The highest BCUT2D eigenvalue weighted by atomic mass is 32.2. The molecule has 0 aliphatic rings. The highest BCUT2D eigenvalue weighted by Crippen LogP contribution is 2.37. The summed E-state index contributed by atoms with van der Waals surface area (Å²) >= 11 is 0. The van der Waals surface area contributed by atoms with E-state index in [1.807, 2.05) is 37.3 Å². The molecule has 2 aromatic carbocycles. The summed E-state index contributed by atoms with van der Waals surface area (Å²) in [6.07, 6.45) is 0. The molecule has 0 aliphatic carbocycles. The number of hydrogen-bond acceptors (Lipinski definition) is 3. The molecule has 0 aromatic heterocycles. The number of hydrogen-bond donors (Lipinski definition) is 2. The van der Waals surface area contributed by atoms with Crippen LogP contribution < -0.4 is 0 Å². The number of rotatable bonds is 3. The molecule has 1 unspecified atom stereocenters. The minimum atomic E-state index is -4.44. The molecule has 0 radical (unpaired) electrons. The van der Waals surface area contributed by atoms with Gasteiger partial charge in [-0.05, 0) is 24.1 Å². The average molecular weight is 292 g/mol. The Morgan fingerprint density at radius 1 is 1.05 bits per heavy atom. The highest BCUT2D eigenvalue weighted by Gasteiger charge is 2.23. The molecular weight excluding hydrogens is 276 g/mol. The molecule has 2 aromatic rings. The maximum absolute atomic E-state index is 11.3. The number of aryl methyl sites for hydroxylation is 1. The van der Waals surface area contributed by atoms with Crippen LogP contribution in [0.15, 0.2) is 47.4 Å². The van der Waals surface area contributed by atoms with E-state index >= 15 is 0 Å². The summed E-state index contributed by atoms with van der Waals surface area (Å²) in [6.45, 7) is 3.67. The van der Waals surface area contributed by atoms with Crippen LogP contribution >= 0.6 is 0 Å². The first-order valence-electron chi connectivity index (χ1n) is 6.17. The zero-order valence-corrected chi connectivity index (χ0v) is 12.1. The molecular formula is C15H16O4S. The van der Waals surface area contributed by atoms with E-state index in [1.165, 1.54) is 6.07 Å². The van der Waals surface area contributed by atoms with Crippen molar-refractivity contribution in [2.45, 2.75) is 24.7 Å². The van der Waals surface area contributed by atoms with Crippen LogP contribution in [-0.4, -0.2) is 18.1 Å². The summed E-state index contributed by atoms with van der Waals surface area (Å²) in [7, 11) is -4.44. The van der Waals surface area contributed by atoms with Crippen LogP contribution in [0.2, 0.25) is 0 Å². The SMILES string of the molecule is Cc1ccc(S(=O)(=O)O)c(O)c1C(C)c1ccccc1. The first-order valence-corrected chi connectivity index (χ1v) is 7.61. The predicted molar refractivity (Wildman–Crippen MR) is 76.6 cm³/mol. The molecule has 106 valence electrons. The summed E-state index contributed by atoms with van der Waals surface area (Å²) in [5.74, 6) is -0.568. The van der Waals surface area contributed by atoms with Crippen LogP contribution in [0.1, 0.15) is 29.5 Å². The van der Waals surface area contributed by atoms with Crippen molar-refractivity contribution in [1.82, 2.24) is 0 Å². The number of phenols is 1. The van der Waals surface area contributed by atoms with Gasteiger partial charge in [0.2, 0.25) is 0 Å². The fraction of sp³-hybridized carbons (Fsp3) is 0.200. The lowest BCUT2D eigenvalue weighted by molar-refractivity contribution is 0.436. The van der Waals surface area contributed by atoms with Gasteiger partial charge in [-0.25, -0.2) is 0 Å². The lowest BCUT2D eigenvalue weighted by Gasteiger charge is -2.18. The standard InChI is InChI=1S/C15H16O4S/c1-10-8-9-13(20(17,18)19)15(16)14(10)11(2)12-6-4-3-5-7-12/h3-9,11,16H,1-2H3,(H,17,18,19). The zero-order chi connectivity index (χ0) is 14.9. The maximum atomic E-state index is 11.3. The van der Waals surface area contributed by atoms with Gasteiger partial charge >= 0.3 is 0 Å². The third-order valence-corrected chi connectivity index (χ3v) is 4.29. The van der Waals surface area contributed by atoms with Crippen molar-refractivity contribution in [1.29, 1.82) is 0 Å². The van der Waals surface area contributed by atoms with Crippen LogP contribution in [0.3, 0.4) is 0 Å². The van der Waals surface area contributed by atoms with E-state index in [-0.39, 0.29) is 11.7 Å². The monoisotopic (exact) mass is 292 g/mol. The van der Waals surface area contributed by atoms with Crippen molar-refractivity contribution in [2.24, 2.45) is 0 Å². The molecule has 2 N–H and O–H groups in total. The van der Waals surface area contributed by atoms with Crippen LogP contribution in [-0.2, 0) is 10.1 Å². The van der Waals surface area contributed by atoms with E-state index in [0.29, 0.717) is 5.56 Å². The lowest BCUT2D eigenvalue weighted by Crippen LogP contribution is -2.05. The molecule has 0 heterocycles. The van der Waals surface area contributed by atoms with Crippen LogP contribution in [0.4, 0.5) is 0 Å². The molecule has 0 saturated carbocycles. The van der Waals surface area contributed by atoms with Gasteiger partial charge in [0.15, 0.2) is 0 Å². The second-order valence-electron chi connectivity index (χ2n) is 4.75. The summed E-state index contributed by atoms with van der Waals surface area (Å²) in [6, 6.07) is 12.2. The molecule has 20 heavy (non-hydrogen) atoms. The van der Waals surface area contributed by atoms with E-state index in [9.17, 15) is 13.5 Å². The highest BCUT2D eigenvalue weighted by molar-refractivity contribution is 7.86. The van der Waals surface area contributed by atoms with Crippen molar-refractivity contribution in [2.75, 3.05) is 0 Å². The Labute approximate surface area is 118 Å². The van der Waals surface area contributed by atoms with Gasteiger partial charge in [-0.15, -0.1) is 0 Å². The average Bonchev–Trinajstić information content (AvgIpc) is 2.38. The minimum Gasteiger partial charge on any atom is -0.506 e. The number of phenolic OH excluding ortho intramolecular Hbond substituents is 1. The fourth-order valence-electron chi connectivity index (χ4n) is 2.35. The first kappa shape index (κ1) is 14.6. The molecule has 2 rings (SSSR count). The topological polar surface area (TPSA) is 74.6 Å². The van der Waals surface area contributed by atoms with Crippen molar-refractivity contribution in [3.63, 3.8) is 0 Å². The van der Waals surface area contributed by atoms with Gasteiger partial charge in [-0.2, -0.15) is 8.42 Å². The number of benzene rings is 2. The zero-order valence-electron chi connectivity index (χ0n) is 11.2. The maximum Gasteiger partial charge on any atom is 0.298 e. The quantitative estimate of drug-likeness (QED) is 0.852. The predicted octanol–water partition coefficient (Wildman–Crippen LogP) is 3.10. The Balaban J connectivity index is 2.63. The van der Waals surface area contributed by atoms with Crippen LogP contribution in [0.25, 0.3) is 0 Å². The third kappa shape index (κ3) is 2.69. The van der Waals surface area contributed by atoms with Gasteiger partial charge < -0.3 is 5.11 Å². The van der Waals surface area contributed by atoms with Gasteiger partial charge in [-0.1, -0.05) is 43.3 Å². The van der Waals surface area contributed by atoms with E-state index in [4.69, 9.17) is 4.55 Å². The van der Waals surface area contributed by atoms with Crippen molar-refractivity contribution in [3.8, 4) is 5.75 Å². The van der Waals surface area contributed by atoms with Gasteiger partial charge in [0.1, 0.15) is 10.6 Å². The van der Waals surface area contributed by atoms with Gasteiger partial charge in [0.25, 0.3) is 10.1 Å². The smallest absolute Gasteiger partial charge is 0.298 e. The molecule has 4 nitrogen and oxygen atoms in total. The molecule has 0 bridgehead atoms. The Bertz CT molecular complexity index is 721. The van der Waals surface area contributed by atoms with Crippen molar-refractivity contribution < 1.29 is 18.1 Å². The molecule has 5 heteroatoms. The fourth-order valence-corrected chi connectivity index (χ4v) is 2.95. The van der Waals surface area contributed by atoms with E-state index in [0.717, 1.165) is 11.1 Å². The third-order valence-electron chi connectivity index (χ3n) is 3.41. The summed E-state index contributed by atoms with van der Waals surface area (Å²) in [5, 5.41) is 10.2. The van der Waals surface area contributed by atoms with E-state index < -0.39 is 15.0 Å². The van der Waals surface area contributed by atoms with Crippen LogP contribution in [0.5, 0.6) is 5.75 Å². The second-order valence-corrected chi connectivity index (χ2v) is 6.14. The molecule has 0 aliphatic heterocycles. The van der Waals surface area contributed by atoms with Crippen molar-refractivity contribution >= 4 is 10.1 Å². The molecule has 0 amide bonds. The summed E-state index contributed by atoms with van der Waals surface area (Å²) < 4.78 is 31.7. The first-order chi connectivity index (χ1) is 9.32. The Kier molecular flexibility index (Phi) is 3.83. The normalized spacial score (nSPS) is 13.2. The Morgan fingerprint density at radius 2 is 1.65 bits per heavy atom. The molecule has 0 saturated heterocycles. The van der Waals surface area contributed by atoms with Gasteiger partial charge in [0.05, 0.1) is 0 Å². The number of aromatic hydroxyl groups is 1. The second kappa shape index (κ2) is 5.26. The largest absolute Gasteiger partial charge is 0.506 e. The minimum absolute atomic E-state index is 0.183. The van der Waals surface area contributed by atoms with E-state index in [1.54, 1.807) is 13.0 Å². The Morgan fingerprint density at radius 3 is 2.20 bits per heavy atom. The molecule has 0 spiro atoms. The van der Waals surface area contributed by atoms with Gasteiger partial charge in [0, 0.05) is 11.5 Å². The molecule has 1 atom stereocenters. The van der Waals surface area contributed by atoms with Crippen molar-refractivity contribution in [3.05, 3.63) is 59.2 Å². The van der Waals surface area contributed by atoms with Crippen LogP contribution in [0, 0.1) is 6.92 Å². The van der Waals surface area contributed by atoms with Gasteiger partial charge in [-0.3, -0.25) is 4.55 Å². The Hall–Kier alpha value is -1.85. The summed E-state index contributed by atoms with van der Waals surface area (Å²) in [4.78, 5) is -0.458.